The molecule has 2 aromatic rings. The smallest absolute Gasteiger partial charge is 0.270 e. The normalized spacial score (nSPS) is 13.7. The van der Waals surface area contributed by atoms with E-state index in [1.54, 1.807) is 6.07 Å². The molecule has 0 saturated heterocycles. The number of carbonyl (C=O) groups is 1. The molecule has 0 bridgehead atoms. The van der Waals surface area contributed by atoms with E-state index in [9.17, 15) is 4.79 Å². The molecule has 0 unspecified atom stereocenters. The van der Waals surface area contributed by atoms with Crippen LogP contribution in [0.5, 0.6) is 0 Å². The topological polar surface area (TPSA) is 66.9 Å². The van der Waals surface area contributed by atoms with E-state index in [0.717, 1.165) is 30.8 Å². The van der Waals surface area contributed by atoms with Crippen molar-refractivity contribution in [3.8, 4) is 0 Å². The fraction of sp³-hybridized carbons (Fsp3) is 0.312. The van der Waals surface area contributed by atoms with Gasteiger partial charge in [0.1, 0.15) is 17.8 Å². The van der Waals surface area contributed by atoms with E-state index in [1.807, 2.05) is 24.3 Å². The number of nitrogens with one attached hydrogen (secondary N) is 2. The molecule has 1 saturated carbocycles. The number of anilines is 1. The minimum atomic E-state index is -0.134. The molecule has 114 valence electrons. The minimum Gasteiger partial charge on any atom is -0.370 e. The van der Waals surface area contributed by atoms with E-state index in [1.165, 1.54) is 11.9 Å². The molecule has 0 spiro atoms. The number of nitrogens with zero attached hydrogens (tertiary/aromatic N) is 2. The van der Waals surface area contributed by atoms with E-state index in [4.69, 9.17) is 11.6 Å². The number of halogens is 1. The van der Waals surface area contributed by atoms with E-state index in [-0.39, 0.29) is 5.91 Å². The van der Waals surface area contributed by atoms with Gasteiger partial charge in [-0.3, -0.25) is 4.79 Å². The van der Waals surface area contributed by atoms with Gasteiger partial charge in [0, 0.05) is 23.7 Å². The van der Waals surface area contributed by atoms with Crippen molar-refractivity contribution in [2.24, 2.45) is 0 Å². The zero-order chi connectivity index (χ0) is 15.4. The maximum Gasteiger partial charge on any atom is 0.270 e. The lowest BCUT2D eigenvalue weighted by atomic mass is 10.1. The Morgan fingerprint density at radius 3 is 2.73 bits per heavy atom. The van der Waals surface area contributed by atoms with Crippen LogP contribution in [0.1, 0.15) is 28.9 Å². The second-order valence-electron chi connectivity index (χ2n) is 5.34. The number of hydrogen-bond acceptors (Lipinski definition) is 4. The summed E-state index contributed by atoms with van der Waals surface area (Å²) < 4.78 is 0. The molecule has 2 N–H and O–H groups in total. The molecular formula is C16H17ClN4O. The summed E-state index contributed by atoms with van der Waals surface area (Å²) in [7, 11) is 0. The first-order chi connectivity index (χ1) is 10.7. The van der Waals surface area contributed by atoms with Crippen molar-refractivity contribution in [2.45, 2.75) is 25.3 Å². The Kier molecular flexibility index (Phi) is 4.53. The lowest BCUT2D eigenvalue weighted by molar-refractivity contribution is 0.0946. The number of rotatable bonds is 6. The van der Waals surface area contributed by atoms with Crippen LogP contribution in [0, 0.1) is 0 Å². The summed E-state index contributed by atoms with van der Waals surface area (Å²) in [5.74, 6) is 0.524. The maximum atomic E-state index is 11.9. The molecule has 0 aliphatic heterocycles. The lowest BCUT2D eigenvalue weighted by Crippen LogP contribution is -2.26. The second-order valence-corrected chi connectivity index (χ2v) is 5.78. The van der Waals surface area contributed by atoms with Crippen LogP contribution in [0.4, 0.5) is 5.82 Å². The molecule has 1 aliphatic rings. The van der Waals surface area contributed by atoms with Gasteiger partial charge in [0.05, 0.1) is 0 Å². The largest absolute Gasteiger partial charge is 0.370 e. The highest BCUT2D eigenvalue weighted by Crippen LogP contribution is 2.19. The maximum absolute atomic E-state index is 11.9. The Labute approximate surface area is 134 Å². The van der Waals surface area contributed by atoms with Gasteiger partial charge in [-0.15, -0.1) is 0 Å². The van der Waals surface area contributed by atoms with Gasteiger partial charge in [0.15, 0.2) is 0 Å². The summed E-state index contributed by atoms with van der Waals surface area (Å²) in [5, 5.41) is 6.86. The van der Waals surface area contributed by atoms with Gasteiger partial charge in [0.2, 0.25) is 0 Å². The monoisotopic (exact) mass is 316 g/mol. The minimum absolute atomic E-state index is 0.134. The molecular weight excluding hydrogens is 300 g/mol. The first-order valence-electron chi connectivity index (χ1n) is 7.32. The Morgan fingerprint density at radius 1 is 1.23 bits per heavy atom. The summed E-state index contributed by atoms with van der Waals surface area (Å²) in [4.78, 5) is 20.1. The fourth-order valence-corrected chi connectivity index (χ4v) is 2.18. The molecule has 0 atom stereocenters. The summed E-state index contributed by atoms with van der Waals surface area (Å²) in [6.45, 7) is 0.725. The van der Waals surface area contributed by atoms with Crippen molar-refractivity contribution >= 4 is 23.3 Å². The first-order valence-corrected chi connectivity index (χ1v) is 7.70. The molecule has 5 nitrogen and oxygen atoms in total. The van der Waals surface area contributed by atoms with Crippen molar-refractivity contribution in [1.29, 1.82) is 0 Å². The van der Waals surface area contributed by atoms with Crippen LogP contribution in [-0.4, -0.2) is 28.5 Å². The Bertz CT molecular complexity index is 655. The van der Waals surface area contributed by atoms with Crippen LogP contribution in [-0.2, 0) is 6.42 Å². The third-order valence-electron chi connectivity index (χ3n) is 3.45. The number of amides is 1. The Hall–Kier alpha value is -2.14. The zero-order valence-corrected chi connectivity index (χ0v) is 12.8. The third-order valence-corrected chi connectivity index (χ3v) is 3.70. The van der Waals surface area contributed by atoms with Crippen LogP contribution in [0.15, 0.2) is 36.7 Å². The molecule has 0 radical (unpaired) electrons. The van der Waals surface area contributed by atoms with Crippen molar-refractivity contribution in [1.82, 2.24) is 15.3 Å². The van der Waals surface area contributed by atoms with Crippen molar-refractivity contribution in [3.63, 3.8) is 0 Å². The number of aromatic nitrogens is 2. The van der Waals surface area contributed by atoms with Gasteiger partial charge in [-0.1, -0.05) is 23.7 Å². The number of hydrogen-bond donors (Lipinski definition) is 2. The van der Waals surface area contributed by atoms with Crippen LogP contribution < -0.4 is 10.6 Å². The summed E-state index contributed by atoms with van der Waals surface area (Å²) >= 11 is 5.86. The first kappa shape index (κ1) is 14.8. The van der Waals surface area contributed by atoms with Gasteiger partial charge in [0.25, 0.3) is 5.91 Å². The van der Waals surface area contributed by atoms with Crippen LogP contribution in [0.2, 0.25) is 5.02 Å². The lowest BCUT2D eigenvalue weighted by Gasteiger charge is -2.07. The number of benzene rings is 1. The summed E-state index contributed by atoms with van der Waals surface area (Å²) in [6.07, 6.45) is 4.38. The molecule has 1 aromatic heterocycles. The second kappa shape index (κ2) is 6.75. The molecule has 6 heteroatoms. The highest BCUT2D eigenvalue weighted by Gasteiger charge is 2.24. The Morgan fingerprint density at radius 2 is 2.00 bits per heavy atom. The quantitative estimate of drug-likeness (QED) is 0.860. The van der Waals surface area contributed by atoms with Crippen molar-refractivity contribution < 1.29 is 4.79 Å². The molecule has 1 amide bonds. The van der Waals surface area contributed by atoms with Gasteiger partial charge in [-0.05, 0) is 37.0 Å². The predicted octanol–water partition coefficient (Wildman–Crippen LogP) is 2.68. The molecule has 1 heterocycles. The van der Waals surface area contributed by atoms with Crippen molar-refractivity contribution in [2.75, 3.05) is 11.9 Å². The highest BCUT2D eigenvalue weighted by molar-refractivity contribution is 6.30. The van der Waals surface area contributed by atoms with E-state index in [0.29, 0.717) is 17.6 Å². The summed E-state index contributed by atoms with van der Waals surface area (Å²) in [6, 6.07) is 9.75. The average molecular weight is 317 g/mol. The van der Waals surface area contributed by atoms with Crippen LogP contribution in [0.3, 0.4) is 0 Å². The SMILES string of the molecule is O=C(NC1CC1)c1cc(NCCc2ccc(Cl)cc2)ncn1. The van der Waals surface area contributed by atoms with E-state index in [2.05, 4.69) is 20.6 Å². The van der Waals surface area contributed by atoms with Gasteiger partial charge >= 0.3 is 0 Å². The van der Waals surface area contributed by atoms with Gasteiger partial charge in [-0.2, -0.15) is 0 Å². The fourth-order valence-electron chi connectivity index (χ4n) is 2.05. The molecule has 3 rings (SSSR count). The van der Waals surface area contributed by atoms with E-state index >= 15 is 0 Å². The number of carbonyl (C=O) groups excluding carboxylic acids is 1. The third kappa shape index (κ3) is 4.18. The van der Waals surface area contributed by atoms with Crippen LogP contribution >= 0.6 is 11.6 Å². The predicted molar refractivity (Wildman–Crippen MR) is 86.2 cm³/mol. The standard InChI is InChI=1S/C16H17ClN4O/c17-12-3-1-11(2-4-12)7-8-18-15-9-14(19-10-20-15)16(22)21-13-5-6-13/h1-4,9-10,13H,5-8H2,(H,21,22)(H,18,19,20). The van der Waals surface area contributed by atoms with Crippen LogP contribution in [0.25, 0.3) is 0 Å². The molecule has 22 heavy (non-hydrogen) atoms. The zero-order valence-electron chi connectivity index (χ0n) is 12.1. The average Bonchev–Trinajstić information content (AvgIpc) is 3.34. The van der Waals surface area contributed by atoms with Gasteiger partial charge < -0.3 is 10.6 Å². The Balaban J connectivity index is 1.53. The molecule has 1 aliphatic carbocycles. The summed E-state index contributed by atoms with van der Waals surface area (Å²) in [5.41, 5.74) is 1.59. The molecule has 1 fully saturated rings. The highest BCUT2D eigenvalue weighted by atomic mass is 35.5. The van der Waals surface area contributed by atoms with Gasteiger partial charge in [-0.25, -0.2) is 9.97 Å². The molecule has 1 aromatic carbocycles. The van der Waals surface area contributed by atoms with Crippen molar-refractivity contribution in [3.05, 3.63) is 52.9 Å². The van der Waals surface area contributed by atoms with E-state index < -0.39 is 0 Å².